The number of hydrogen-bond donors (Lipinski definition) is 5. The molecule has 0 saturated carbocycles. The zero-order valence-corrected chi connectivity index (χ0v) is 22.2. The summed E-state index contributed by atoms with van der Waals surface area (Å²) < 4.78 is 5.54. The van der Waals surface area contributed by atoms with Crippen LogP contribution in [0.1, 0.15) is 48.2 Å². The Morgan fingerprint density at radius 2 is 1.86 bits per heavy atom. The number of para-hydroxylation sites is 1. The fourth-order valence-electron chi connectivity index (χ4n) is 3.96. The molecule has 0 aliphatic carbocycles. The van der Waals surface area contributed by atoms with Crippen LogP contribution in [0.15, 0.2) is 55.3 Å². The normalized spacial score (nSPS) is 13.6. The maximum atomic E-state index is 10.2. The number of phenols is 1. The summed E-state index contributed by atoms with van der Waals surface area (Å²) in [6.07, 6.45) is 6.81. The van der Waals surface area contributed by atoms with Gasteiger partial charge in [0, 0.05) is 59.1 Å². The third-order valence-electron chi connectivity index (χ3n) is 5.72. The van der Waals surface area contributed by atoms with E-state index in [9.17, 15) is 9.90 Å². The predicted octanol–water partition coefficient (Wildman–Crippen LogP) is 4.62. The highest BCUT2D eigenvalue weighted by Gasteiger charge is 2.25. The number of aromatic amines is 1. The minimum Gasteiger partial charge on any atom is -0.507 e. The molecule has 4 rings (SSSR count). The van der Waals surface area contributed by atoms with Crippen molar-refractivity contribution in [3.05, 3.63) is 77.8 Å². The van der Waals surface area contributed by atoms with Gasteiger partial charge in [0.15, 0.2) is 5.78 Å². The lowest BCUT2D eigenvalue weighted by atomic mass is 9.89. The number of nitrogens with zero attached hydrogens (tertiary/aromatic N) is 1. The number of aromatic hydroxyl groups is 1. The fourth-order valence-corrected chi connectivity index (χ4v) is 3.96. The zero-order valence-electron chi connectivity index (χ0n) is 22.2. The van der Waals surface area contributed by atoms with Crippen molar-refractivity contribution in [2.24, 2.45) is 5.73 Å². The number of nitrogens with one attached hydrogen (secondary N) is 2. The standard InChI is InChI=1S/C23H26N4O2.C4H6O.C2H7N/c1-14-12-16(6-9-26-14)21-18(13-19(24)17-4-2-3-5-20(17)28)23(25)27-22(21)15-7-10-29-11-8-15;1-3-4(2)5;1-3-2/h2-6,9,12-13,15,27-28H,7-8,10-11,24-25H2,1H3;3H,1H2,2H3;3H,1-2H3/b19-13-;;. The summed E-state index contributed by atoms with van der Waals surface area (Å²) in [5, 5.41) is 12.9. The van der Waals surface area contributed by atoms with Gasteiger partial charge in [0.05, 0.1) is 0 Å². The van der Waals surface area contributed by atoms with E-state index < -0.39 is 0 Å². The second-order valence-electron chi connectivity index (χ2n) is 8.75. The molecule has 0 amide bonds. The SMILES string of the molecule is C=CC(C)=O.CNC.Cc1cc(-c2c(C3CCOCC3)[nH]c(N)c2/C=C(\N)c2ccccc2O)ccn1. The molecule has 7 N–H and O–H groups in total. The van der Waals surface area contributed by atoms with E-state index in [1.807, 2.05) is 45.4 Å². The summed E-state index contributed by atoms with van der Waals surface area (Å²) in [5.74, 6) is 1.06. The number of ether oxygens (including phenoxy) is 1. The topological polar surface area (TPSA) is 139 Å². The van der Waals surface area contributed by atoms with E-state index in [4.69, 9.17) is 16.2 Å². The Kier molecular flexibility index (Phi) is 11.6. The van der Waals surface area contributed by atoms with Gasteiger partial charge in [-0.2, -0.15) is 0 Å². The number of carbonyl (C=O) groups excluding carboxylic acids is 1. The number of H-pyrrole nitrogens is 1. The lowest BCUT2D eigenvalue weighted by Crippen LogP contribution is -2.15. The number of carbonyl (C=O) groups is 1. The fraction of sp³-hybridized carbons (Fsp3) is 0.310. The first-order chi connectivity index (χ1) is 17.7. The molecule has 8 heteroatoms. The Morgan fingerprint density at radius 3 is 2.43 bits per heavy atom. The maximum absolute atomic E-state index is 10.2. The number of rotatable bonds is 5. The van der Waals surface area contributed by atoms with Gasteiger partial charge in [-0.15, -0.1) is 0 Å². The molecule has 1 fully saturated rings. The first kappa shape index (κ1) is 29.4. The van der Waals surface area contributed by atoms with Gasteiger partial charge in [-0.05, 0) is 82.8 Å². The molecule has 0 bridgehead atoms. The van der Waals surface area contributed by atoms with Crippen LogP contribution in [-0.4, -0.2) is 48.2 Å². The Bertz CT molecular complexity index is 1210. The summed E-state index contributed by atoms with van der Waals surface area (Å²) in [6.45, 7) is 8.13. The van der Waals surface area contributed by atoms with E-state index in [0.29, 0.717) is 23.0 Å². The van der Waals surface area contributed by atoms with Gasteiger partial charge in [-0.1, -0.05) is 18.7 Å². The van der Waals surface area contributed by atoms with Crippen LogP contribution in [-0.2, 0) is 9.53 Å². The minimum atomic E-state index is 0.0185. The molecule has 1 aliphatic heterocycles. The number of allylic oxidation sites excluding steroid dienone is 1. The number of nitrogens with two attached hydrogens (primary N) is 2. The summed E-state index contributed by atoms with van der Waals surface area (Å²) in [7, 11) is 3.75. The van der Waals surface area contributed by atoms with Gasteiger partial charge in [0.25, 0.3) is 0 Å². The molecule has 1 aromatic carbocycles. The second-order valence-corrected chi connectivity index (χ2v) is 8.75. The molecule has 3 heterocycles. The summed E-state index contributed by atoms with van der Waals surface area (Å²) >= 11 is 0. The number of hydrogen-bond acceptors (Lipinski definition) is 7. The molecule has 1 aliphatic rings. The predicted molar refractivity (Wildman–Crippen MR) is 152 cm³/mol. The highest BCUT2D eigenvalue weighted by atomic mass is 16.5. The van der Waals surface area contributed by atoms with E-state index in [-0.39, 0.29) is 11.5 Å². The lowest BCUT2D eigenvalue weighted by Gasteiger charge is -2.22. The van der Waals surface area contributed by atoms with E-state index in [1.54, 1.807) is 18.2 Å². The van der Waals surface area contributed by atoms with Crippen molar-refractivity contribution < 1.29 is 14.6 Å². The number of nitrogen functional groups attached to an aromatic ring is 1. The molecule has 1 saturated heterocycles. The van der Waals surface area contributed by atoms with Crippen LogP contribution < -0.4 is 16.8 Å². The van der Waals surface area contributed by atoms with Gasteiger partial charge in [-0.25, -0.2) is 0 Å². The van der Waals surface area contributed by atoms with Crippen molar-refractivity contribution in [3.63, 3.8) is 0 Å². The molecule has 0 unspecified atom stereocenters. The molecule has 37 heavy (non-hydrogen) atoms. The van der Waals surface area contributed by atoms with Crippen LogP contribution >= 0.6 is 0 Å². The Balaban J connectivity index is 0.000000530. The van der Waals surface area contributed by atoms with Crippen molar-refractivity contribution >= 4 is 23.4 Å². The van der Waals surface area contributed by atoms with E-state index in [1.165, 1.54) is 13.0 Å². The van der Waals surface area contributed by atoms with Gasteiger partial charge in [0.2, 0.25) is 0 Å². The van der Waals surface area contributed by atoms with E-state index in [0.717, 1.165) is 54.1 Å². The van der Waals surface area contributed by atoms with Crippen molar-refractivity contribution in [1.29, 1.82) is 0 Å². The molecule has 8 nitrogen and oxygen atoms in total. The smallest absolute Gasteiger partial charge is 0.152 e. The Labute approximate surface area is 219 Å². The quantitative estimate of drug-likeness (QED) is 0.319. The van der Waals surface area contributed by atoms with E-state index in [2.05, 4.69) is 27.9 Å². The van der Waals surface area contributed by atoms with Gasteiger partial charge >= 0.3 is 0 Å². The highest BCUT2D eigenvalue weighted by molar-refractivity contribution is 5.92. The maximum Gasteiger partial charge on any atom is 0.152 e. The van der Waals surface area contributed by atoms with Crippen LogP contribution in [0, 0.1) is 6.92 Å². The number of aryl methyl sites for hydroxylation is 1. The zero-order chi connectivity index (χ0) is 27.4. The summed E-state index contributed by atoms with van der Waals surface area (Å²) in [6, 6.07) is 11.1. The van der Waals surface area contributed by atoms with Crippen molar-refractivity contribution in [2.75, 3.05) is 33.0 Å². The lowest BCUT2D eigenvalue weighted by molar-refractivity contribution is -0.112. The van der Waals surface area contributed by atoms with Crippen LogP contribution in [0.25, 0.3) is 22.9 Å². The first-order valence-corrected chi connectivity index (χ1v) is 12.2. The third-order valence-corrected chi connectivity index (χ3v) is 5.72. The summed E-state index contributed by atoms with van der Waals surface area (Å²) in [5.41, 5.74) is 18.8. The molecular weight excluding hydrogens is 466 g/mol. The largest absolute Gasteiger partial charge is 0.507 e. The van der Waals surface area contributed by atoms with Crippen molar-refractivity contribution in [2.45, 2.75) is 32.6 Å². The van der Waals surface area contributed by atoms with Gasteiger partial charge in [0.1, 0.15) is 11.6 Å². The molecule has 198 valence electrons. The molecule has 0 atom stereocenters. The van der Waals surface area contributed by atoms with Crippen molar-refractivity contribution in [1.82, 2.24) is 15.3 Å². The molecule has 0 spiro atoms. The van der Waals surface area contributed by atoms with Gasteiger partial charge in [-0.3, -0.25) is 9.78 Å². The average molecular weight is 506 g/mol. The van der Waals surface area contributed by atoms with Crippen LogP contribution in [0.3, 0.4) is 0 Å². The number of ketones is 1. The minimum absolute atomic E-state index is 0.0185. The molecule has 2 aromatic heterocycles. The van der Waals surface area contributed by atoms with Crippen LogP contribution in [0.4, 0.5) is 5.82 Å². The number of benzene rings is 1. The Morgan fingerprint density at radius 1 is 1.24 bits per heavy atom. The molecule has 0 radical (unpaired) electrons. The number of aromatic nitrogens is 2. The second kappa shape index (κ2) is 14.6. The van der Waals surface area contributed by atoms with Crippen molar-refractivity contribution in [3.8, 4) is 16.9 Å². The highest BCUT2D eigenvalue weighted by Crippen LogP contribution is 2.41. The summed E-state index contributed by atoms with van der Waals surface area (Å²) in [4.78, 5) is 17.4. The van der Waals surface area contributed by atoms with Crippen LogP contribution in [0.2, 0.25) is 0 Å². The Hall–Kier alpha value is -3.88. The third kappa shape index (κ3) is 8.34. The molecular formula is C29H39N5O3. The number of anilines is 1. The average Bonchev–Trinajstić information content (AvgIpc) is 3.21. The first-order valence-electron chi connectivity index (χ1n) is 12.2. The molecule has 3 aromatic rings. The number of pyridine rings is 1. The van der Waals surface area contributed by atoms with Gasteiger partial charge < -0.3 is 31.6 Å². The van der Waals surface area contributed by atoms with Crippen LogP contribution in [0.5, 0.6) is 5.75 Å². The van der Waals surface area contributed by atoms with E-state index >= 15 is 0 Å². The monoisotopic (exact) mass is 505 g/mol. The number of phenolic OH excluding ortho intramolecular Hbond substituents is 1.